The summed E-state index contributed by atoms with van der Waals surface area (Å²) < 4.78 is 19.3. The number of carbonyl (C=O) groups excluding carboxylic acids is 3. The predicted octanol–water partition coefficient (Wildman–Crippen LogP) is 3.79. The SMILES string of the molecule is CNc1cc(F)cc2c1CC(=O)C(C(=O)Cc1ccc(C(=O)CCCN3CCOCC3)cc1C)=C2. The average Bonchev–Trinajstić information content (AvgIpc) is 2.85. The molecular formula is C28H31FN2O4. The molecule has 0 aromatic heterocycles. The van der Waals surface area contributed by atoms with Crippen molar-refractivity contribution in [3.8, 4) is 0 Å². The van der Waals surface area contributed by atoms with Crippen LogP contribution in [0.5, 0.6) is 0 Å². The minimum absolute atomic E-state index is 0.0540. The molecule has 0 spiro atoms. The molecule has 2 aromatic carbocycles. The second-order valence-corrected chi connectivity index (χ2v) is 9.15. The number of rotatable bonds is 9. The Labute approximate surface area is 205 Å². The van der Waals surface area contributed by atoms with Crippen LogP contribution in [0, 0.1) is 12.7 Å². The van der Waals surface area contributed by atoms with E-state index in [-0.39, 0.29) is 35.8 Å². The highest BCUT2D eigenvalue weighted by molar-refractivity contribution is 6.25. The van der Waals surface area contributed by atoms with E-state index in [2.05, 4.69) is 10.2 Å². The summed E-state index contributed by atoms with van der Waals surface area (Å²) in [5.41, 5.74) is 4.14. The highest BCUT2D eigenvalue weighted by Gasteiger charge is 2.26. The van der Waals surface area contributed by atoms with Gasteiger partial charge in [0.05, 0.1) is 18.8 Å². The van der Waals surface area contributed by atoms with E-state index in [0.29, 0.717) is 28.8 Å². The molecule has 0 radical (unpaired) electrons. The van der Waals surface area contributed by atoms with Crippen LogP contribution in [-0.4, -0.2) is 62.1 Å². The van der Waals surface area contributed by atoms with Gasteiger partial charge in [0.1, 0.15) is 5.82 Å². The summed E-state index contributed by atoms with van der Waals surface area (Å²) in [7, 11) is 1.67. The van der Waals surface area contributed by atoms with Gasteiger partial charge in [-0.3, -0.25) is 19.3 Å². The van der Waals surface area contributed by atoms with Gasteiger partial charge in [-0.1, -0.05) is 12.1 Å². The summed E-state index contributed by atoms with van der Waals surface area (Å²) >= 11 is 0. The van der Waals surface area contributed by atoms with E-state index in [1.165, 1.54) is 18.2 Å². The number of hydrogen-bond acceptors (Lipinski definition) is 6. The first-order chi connectivity index (χ1) is 16.9. The van der Waals surface area contributed by atoms with Gasteiger partial charge in [0.25, 0.3) is 0 Å². The Morgan fingerprint density at radius 1 is 1.11 bits per heavy atom. The molecule has 1 aliphatic carbocycles. The highest BCUT2D eigenvalue weighted by atomic mass is 19.1. The van der Waals surface area contributed by atoms with E-state index in [4.69, 9.17) is 4.74 Å². The Balaban J connectivity index is 1.41. The zero-order chi connectivity index (χ0) is 24.9. The van der Waals surface area contributed by atoms with Crippen molar-refractivity contribution >= 4 is 29.1 Å². The minimum Gasteiger partial charge on any atom is -0.388 e. The van der Waals surface area contributed by atoms with Crippen LogP contribution in [0.3, 0.4) is 0 Å². The smallest absolute Gasteiger partial charge is 0.170 e. The molecule has 1 fully saturated rings. The molecule has 1 aliphatic heterocycles. The number of fused-ring (bicyclic) bond motifs is 1. The molecule has 4 rings (SSSR count). The first-order valence-corrected chi connectivity index (χ1v) is 12.1. The largest absolute Gasteiger partial charge is 0.388 e. The van der Waals surface area contributed by atoms with Crippen molar-refractivity contribution in [1.29, 1.82) is 0 Å². The van der Waals surface area contributed by atoms with Crippen molar-refractivity contribution in [1.82, 2.24) is 4.90 Å². The summed E-state index contributed by atoms with van der Waals surface area (Å²) in [5.74, 6) is -0.908. The molecule has 0 atom stereocenters. The van der Waals surface area contributed by atoms with E-state index >= 15 is 0 Å². The maximum absolute atomic E-state index is 14.0. The Bertz CT molecular complexity index is 1180. The molecule has 1 heterocycles. The molecule has 0 unspecified atom stereocenters. The van der Waals surface area contributed by atoms with E-state index in [1.807, 2.05) is 13.0 Å². The lowest BCUT2D eigenvalue weighted by Gasteiger charge is -2.26. The van der Waals surface area contributed by atoms with Crippen molar-refractivity contribution in [2.24, 2.45) is 0 Å². The Hall–Kier alpha value is -3.16. The Kier molecular flexibility index (Phi) is 7.88. The van der Waals surface area contributed by atoms with Gasteiger partial charge in [-0.2, -0.15) is 0 Å². The van der Waals surface area contributed by atoms with Gasteiger partial charge in [-0.15, -0.1) is 0 Å². The number of carbonyl (C=O) groups is 3. The normalized spacial score (nSPS) is 16.0. The van der Waals surface area contributed by atoms with Crippen molar-refractivity contribution in [3.05, 3.63) is 69.5 Å². The predicted molar refractivity (Wildman–Crippen MR) is 133 cm³/mol. The molecule has 0 amide bonds. The number of halogens is 1. The number of Topliss-reactive ketones (excluding diaryl/α,β-unsaturated/α-hetero) is 3. The first-order valence-electron chi connectivity index (χ1n) is 12.1. The van der Waals surface area contributed by atoms with Crippen LogP contribution >= 0.6 is 0 Å². The summed E-state index contributed by atoms with van der Waals surface area (Å²) in [6.45, 7) is 6.06. The Morgan fingerprint density at radius 2 is 1.89 bits per heavy atom. The number of nitrogens with one attached hydrogen (secondary N) is 1. The lowest BCUT2D eigenvalue weighted by atomic mass is 9.86. The number of nitrogens with zero attached hydrogens (tertiary/aromatic N) is 1. The fraction of sp³-hybridized carbons (Fsp3) is 0.393. The highest BCUT2D eigenvalue weighted by Crippen LogP contribution is 2.30. The second kappa shape index (κ2) is 11.1. The van der Waals surface area contributed by atoms with Gasteiger partial charge in [0.2, 0.25) is 0 Å². The monoisotopic (exact) mass is 478 g/mol. The third-order valence-corrected chi connectivity index (χ3v) is 6.75. The number of anilines is 1. The lowest BCUT2D eigenvalue weighted by molar-refractivity contribution is -0.120. The average molecular weight is 479 g/mol. The fourth-order valence-corrected chi connectivity index (χ4v) is 4.70. The maximum Gasteiger partial charge on any atom is 0.170 e. The van der Waals surface area contributed by atoms with E-state index in [9.17, 15) is 18.8 Å². The van der Waals surface area contributed by atoms with Crippen molar-refractivity contribution in [2.75, 3.05) is 45.2 Å². The quantitative estimate of drug-likeness (QED) is 0.437. The maximum atomic E-state index is 14.0. The van der Waals surface area contributed by atoms with Crippen LogP contribution in [0.2, 0.25) is 0 Å². The minimum atomic E-state index is -0.424. The summed E-state index contributed by atoms with van der Waals surface area (Å²) in [6, 6.07) is 8.07. The topological polar surface area (TPSA) is 75.7 Å². The van der Waals surface area contributed by atoms with E-state index in [1.54, 1.807) is 19.2 Å². The van der Waals surface area contributed by atoms with Crippen molar-refractivity contribution in [2.45, 2.75) is 32.6 Å². The fourth-order valence-electron chi connectivity index (χ4n) is 4.70. The van der Waals surface area contributed by atoms with Gasteiger partial charge < -0.3 is 10.1 Å². The van der Waals surface area contributed by atoms with Crippen LogP contribution in [0.15, 0.2) is 35.9 Å². The Morgan fingerprint density at radius 3 is 2.60 bits per heavy atom. The number of hydrogen-bond donors (Lipinski definition) is 1. The van der Waals surface area contributed by atoms with E-state index < -0.39 is 5.82 Å². The van der Waals surface area contributed by atoms with Gasteiger partial charge in [-0.25, -0.2) is 4.39 Å². The van der Waals surface area contributed by atoms with Gasteiger partial charge in [-0.05, 0) is 66.4 Å². The number of ether oxygens (including phenoxy) is 1. The molecule has 6 nitrogen and oxygen atoms in total. The van der Waals surface area contributed by atoms with Crippen LogP contribution in [0.25, 0.3) is 6.08 Å². The zero-order valence-electron chi connectivity index (χ0n) is 20.3. The van der Waals surface area contributed by atoms with Crippen LogP contribution in [0.1, 0.15) is 45.5 Å². The number of ketones is 3. The molecule has 0 bridgehead atoms. The van der Waals surface area contributed by atoms with Crippen molar-refractivity contribution < 1.29 is 23.5 Å². The van der Waals surface area contributed by atoms with Crippen LogP contribution < -0.4 is 5.32 Å². The van der Waals surface area contributed by atoms with Crippen molar-refractivity contribution in [3.63, 3.8) is 0 Å². The van der Waals surface area contributed by atoms with Crippen LogP contribution in [0.4, 0.5) is 10.1 Å². The first kappa shape index (κ1) is 24.9. The molecule has 35 heavy (non-hydrogen) atoms. The van der Waals surface area contributed by atoms with Crippen LogP contribution in [-0.2, 0) is 27.2 Å². The van der Waals surface area contributed by atoms with Gasteiger partial charge in [0.15, 0.2) is 17.3 Å². The molecule has 7 heteroatoms. The third kappa shape index (κ3) is 5.92. The standard InChI is InChI=1S/C28H31FN2O4/c1-18-12-20(26(32)4-3-7-31-8-10-35-11-9-31)6-5-19(18)15-27(33)24-14-21-13-22(29)16-25(30-2)23(21)17-28(24)34/h5-6,12-14,16,30H,3-4,7-11,15,17H2,1-2H3. The molecule has 0 saturated carbocycles. The number of benzene rings is 2. The van der Waals surface area contributed by atoms with Gasteiger partial charge in [0, 0.05) is 50.7 Å². The molecule has 184 valence electrons. The molecule has 1 saturated heterocycles. The molecular weight excluding hydrogens is 447 g/mol. The number of morpholine rings is 1. The lowest BCUT2D eigenvalue weighted by Crippen LogP contribution is -2.36. The van der Waals surface area contributed by atoms with Gasteiger partial charge >= 0.3 is 0 Å². The number of aryl methyl sites for hydroxylation is 1. The second-order valence-electron chi connectivity index (χ2n) is 9.15. The molecule has 2 aromatic rings. The zero-order valence-corrected chi connectivity index (χ0v) is 20.3. The summed E-state index contributed by atoms with van der Waals surface area (Å²) in [6.07, 6.45) is 2.88. The summed E-state index contributed by atoms with van der Waals surface area (Å²) in [5, 5.41) is 2.91. The molecule has 2 aliphatic rings. The third-order valence-electron chi connectivity index (χ3n) is 6.75. The number of allylic oxidation sites excluding steroid dienone is 1. The molecule has 1 N–H and O–H groups in total. The van der Waals surface area contributed by atoms with E-state index in [0.717, 1.165) is 50.4 Å². The summed E-state index contributed by atoms with van der Waals surface area (Å²) in [4.78, 5) is 40.7.